The van der Waals surface area contributed by atoms with E-state index >= 15 is 0 Å². The Morgan fingerprint density at radius 1 is 1.25 bits per heavy atom. The van der Waals surface area contributed by atoms with E-state index in [1.807, 2.05) is 0 Å². The molecule has 4 nitrogen and oxygen atoms in total. The van der Waals surface area contributed by atoms with Crippen LogP contribution in [0, 0.1) is 6.92 Å². The summed E-state index contributed by atoms with van der Waals surface area (Å²) in [4.78, 5) is 21.7. The molecule has 0 atom stereocenters. The molecule has 1 saturated carbocycles. The zero-order valence-electron chi connectivity index (χ0n) is 14.9. The highest BCUT2D eigenvalue weighted by Crippen LogP contribution is 2.47. The van der Waals surface area contributed by atoms with Crippen LogP contribution >= 0.6 is 11.3 Å². The van der Waals surface area contributed by atoms with Crippen molar-refractivity contribution in [2.75, 3.05) is 5.32 Å². The van der Waals surface area contributed by atoms with Crippen LogP contribution in [0.15, 0.2) is 42.7 Å². The molecule has 144 valence electrons. The Hall–Kier alpha value is -2.74. The molecule has 1 N–H and O–H groups in total. The van der Waals surface area contributed by atoms with Crippen molar-refractivity contribution >= 4 is 22.4 Å². The minimum atomic E-state index is -4.41. The van der Waals surface area contributed by atoms with E-state index < -0.39 is 11.7 Å². The zero-order chi connectivity index (χ0) is 19.9. The lowest BCUT2D eigenvalue weighted by Crippen LogP contribution is -2.13. The first kappa shape index (κ1) is 18.6. The fourth-order valence-corrected chi connectivity index (χ4v) is 4.00. The van der Waals surface area contributed by atoms with Gasteiger partial charge in [-0.25, -0.2) is 4.98 Å². The number of carbonyl (C=O) groups excluding carboxylic acids is 1. The number of aromatic nitrogens is 2. The normalized spacial score (nSPS) is 14.1. The van der Waals surface area contributed by atoms with Gasteiger partial charge in [0.15, 0.2) is 5.13 Å². The summed E-state index contributed by atoms with van der Waals surface area (Å²) in [6, 6.07) is 6.85. The summed E-state index contributed by atoms with van der Waals surface area (Å²) >= 11 is 1.20. The van der Waals surface area contributed by atoms with E-state index in [0.29, 0.717) is 21.1 Å². The summed E-state index contributed by atoms with van der Waals surface area (Å²) in [7, 11) is 0. The second-order valence-corrected chi connectivity index (χ2v) is 7.73. The number of nitrogens with one attached hydrogen (secondary N) is 1. The SMILES string of the molecule is Cc1cnccc1C(=O)Nc1nc(C2CC2)c(-c2cccc(C(F)(F)F)c2)s1. The number of nitrogens with zero attached hydrogens (tertiary/aromatic N) is 2. The maximum absolute atomic E-state index is 13.1. The number of amides is 1. The number of hydrogen-bond acceptors (Lipinski definition) is 4. The van der Waals surface area contributed by atoms with Gasteiger partial charge < -0.3 is 0 Å². The van der Waals surface area contributed by atoms with E-state index in [2.05, 4.69) is 15.3 Å². The quantitative estimate of drug-likeness (QED) is 0.611. The van der Waals surface area contributed by atoms with Crippen LogP contribution in [0.1, 0.15) is 45.9 Å². The van der Waals surface area contributed by atoms with Gasteiger partial charge in [0.05, 0.1) is 16.1 Å². The molecular formula is C20H16F3N3OS. The lowest BCUT2D eigenvalue weighted by atomic mass is 10.1. The number of pyridine rings is 1. The van der Waals surface area contributed by atoms with Gasteiger partial charge in [-0.3, -0.25) is 15.1 Å². The van der Waals surface area contributed by atoms with E-state index in [9.17, 15) is 18.0 Å². The fraction of sp³-hybridized carbons (Fsp3) is 0.250. The monoisotopic (exact) mass is 403 g/mol. The number of hydrogen-bond donors (Lipinski definition) is 1. The van der Waals surface area contributed by atoms with Gasteiger partial charge in [0.2, 0.25) is 0 Å². The standard InChI is InChI=1S/C20H16F3N3OS/c1-11-10-24-8-7-15(11)18(27)26-19-25-16(12-5-6-12)17(28-19)13-3-2-4-14(9-13)20(21,22)23/h2-4,7-10,12H,5-6H2,1H3,(H,25,26,27). The maximum Gasteiger partial charge on any atom is 0.416 e. The van der Waals surface area contributed by atoms with E-state index in [1.165, 1.54) is 23.6 Å². The predicted molar refractivity (Wildman–Crippen MR) is 101 cm³/mol. The van der Waals surface area contributed by atoms with Crippen molar-refractivity contribution in [3.8, 4) is 10.4 Å². The third-order valence-electron chi connectivity index (χ3n) is 4.55. The lowest BCUT2D eigenvalue weighted by Gasteiger charge is -2.08. The molecule has 28 heavy (non-hydrogen) atoms. The number of halogens is 3. The minimum absolute atomic E-state index is 0.231. The molecule has 1 amide bonds. The summed E-state index contributed by atoms with van der Waals surface area (Å²) in [6.07, 6.45) is 0.628. The first-order valence-corrected chi connectivity index (χ1v) is 9.55. The Balaban J connectivity index is 1.68. The Morgan fingerprint density at radius 2 is 2.04 bits per heavy atom. The summed E-state index contributed by atoms with van der Waals surface area (Å²) in [5.41, 5.74) is 1.75. The molecule has 1 fully saturated rings. The molecule has 1 aliphatic rings. The highest BCUT2D eigenvalue weighted by Gasteiger charge is 2.33. The first-order valence-electron chi connectivity index (χ1n) is 8.73. The Labute approximate surface area is 163 Å². The van der Waals surface area contributed by atoms with Gasteiger partial charge >= 0.3 is 6.18 Å². The van der Waals surface area contributed by atoms with Gasteiger partial charge in [-0.2, -0.15) is 13.2 Å². The second-order valence-electron chi connectivity index (χ2n) is 6.73. The summed E-state index contributed by atoms with van der Waals surface area (Å²) in [6.45, 7) is 1.79. The van der Waals surface area contributed by atoms with Crippen molar-refractivity contribution in [3.63, 3.8) is 0 Å². The molecule has 3 aromatic rings. The van der Waals surface area contributed by atoms with Crippen LogP contribution in [-0.4, -0.2) is 15.9 Å². The van der Waals surface area contributed by atoms with Gasteiger partial charge in [0, 0.05) is 23.9 Å². The van der Waals surface area contributed by atoms with E-state index in [4.69, 9.17) is 0 Å². The van der Waals surface area contributed by atoms with Gasteiger partial charge in [0.1, 0.15) is 0 Å². The van der Waals surface area contributed by atoms with Crippen LogP contribution in [0.3, 0.4) is 0 Å². The van der Waals surface area contributed by atoms with Crippen LogP contribution in [0.5, 0.6) is 0 Å². The van der Waals surface area contributed by atoms with E-state index in [-0.39, 0.29) is 11.8 Å². The van der Waals surface area contributed by atoms with Crippen LogP contribution < -0.4 is 5.32 Å². The number of rotatable bonds is 4. The third-order valence-corrected chi connectivity index (χ3v) is 5.59. The average molecular weight is 403 g/mol. The molecule has 2 aromatic heterocycles. The third kappa shape index (κ3) is 3.77. The molecule has 2 heterocycles. The van der Waals surface area contributed by atoms with Gasteiger partial charge in [-0.1, -0.05) is 23.5 Å². The number of benzene rings is 1. The second kappa shape index (κ2) is 7.01. The van der Waals surface area contributed by atoms with Crippen molar-refractivity contribution in [2.24, 2.45) is 0 Å². The molecule has 0 spiro atoms. The smallest absolute Gasteiger partial charge is 0.298 e. The molecule has 0 aliphatic heterocycles. The first-order chi connectivity index (χ1) is 13.3. The maximum atomic E-state index is 13.1. The number of alkyl halides is 3. The topological polar surface area (TPSA) is 54.9 Å². The van der Waals surface area contributed by atoms with Crippen LogP contribution in [0.2, 0.25) is 0 Å². The van der Waals surface area contributed by atoms with Crippen LogP contribution in [-0.2, 0) is 6.18 Å². The molecule has 1 aliphatic carbocycles. The van der Waals surface area contributed by atoms with Crippen molar-refractivity contribution in [3.05, 3.63) is 65.1 Å². The number of anilines is 1. The Kier molecular flexibility index (Phi) is 4.66. The van der Waals surface area contributed by atoms with Crippen molar-refractivity contribution in [2.45, 2.75) is 31.9 Å². The number of thiazole rings is 1. The zero-order valence-corrected chi connectivity index (χ0v) is 15.7. The molecule has 8 heteroatoms. The van der Waals surface area contributed by atoms with Crippen LogP contribution in [0.4, 0.5) is 18.3 Å². The van der Waals surface area contributed by atoms with Crippen molar-refractivity contribution < 1.29 is 18.0 Å². The van der Waals surface area contributed by atoms with Gasteiger partial charge in [-0.05, 0) is 49.1 Å². The van der Waals surface area contributed by atoms with Crippen molar-refractivity contribution in [1.29, 1.82) is 0 Å². The fourth-order valence-electron chi connectivity index (χ4n) is 2.96. The Morgan fingerprint density at radius 3 is 2.71 bits per heavy atom. The van der Waals surface area contributed by atoms with E-state index in [0.717, 1.165) is 36.2 Å². The lowest BCUT2D eigenvalue weighted by molar-refractivity contribution is -0.137. The van der Waals surface area contributed by atoms with Gasteiger partial charge in [-0.15, -0.1) is 0 Å². The minimum Gasteiger partial charge on any atom is -0.298 e. The molecule has 0 bridgehead atoms. The van der Waals surface area contributed by atoms with E-state index in [1.54, 1.807) is 25.3 Å². The predicted octanol–water partition coefficient (Wildman–Crippen LogP) is 5.66. The molecule has 4 rings (SSSR count). The largest absolute Gasteiger partial charge is 0.416 e. The number of aryl methyl sites for hydroxylation is 1. The molecule has 0 saturated heterocycles. The van der Waals surface area contributed by atoms with Crippen LogP contribution in [0.25, 0.3) is 10.4 Å². The average Bonchev–Trinajstić information content (AvgIpc) is 3.42. The molecule has 1 aromatic carbocycles. The Bertz CT molecular complexity index is 1040. The summed E-state index contributed by atoms with van der Waals surface area (Å²) in [5.74, 6) is -0.0827. The number of carbonyl (C=O) groups is 1. The van der Waals surface area contributed by atoms with Gasteiger partial charge in [0.25, 0.3) is 5.91 Å². The highest BCUT2D eigenvalue weighted by atomic mass is 32.1. The molecule has 0 radical (unpaired) electrons. The molecular weight excluding hydrogens is 387 g/mol. The summed E-state index contributed by atoms with van der Waals surface area (Å²) < 4.78 is 39.3. The van der Waals surface area contributed by atoms with Crippen molar-refractivity contribution in [1.82, 2.24) is 9.97 Å². The highest BCUT2D eigenvalue weighted by molar-refractivity contribution is 7.19. The molecule has 0 unspecified atom stereocenters. The summed E-state index contributed by atoms with van der Waals surface area (Å²) in [5, 5.41) is 3.16.